The summed E-state index contributed by atoms with van der Waals surface area (Å²) in [7, 11) is -3.93. The Morgan fingerprint density at radius 2 is 1.65 bits per heavy atom. The molecule has 0 aliphatic carbocycles. The summed E-state index contributed by atoms with van der Waals surface area (Å²) >= 11 is 1.02. The van der Waals surface area contributed by atoms with Crippen LogP contribution in [0, 0.1) is 36.5 Å². The number of anilines is 3. The number of nitrogens with zero attached hydrogens (tertiary/aromatic N) is 5. The molecule has 0 radical (unpaired) electrons. The molecule has 37 heavy (non-hydrogen) atoms. The number of amides is 1. The van der Waals surface area contributed by atoms with E-state index in [1.54, 1.807) is 19.9 Å². The minimum Gasteiger partial charge on any atom is -0.383 e. The van der Waals surface area contributed by atoms with Crippen molar-refractivity contribution in [2.45, 2.75) is 43.5 Å². The number of nitriles is 2. The minimum absolute atomic E-state index is 0.00439. The Balaban J connectivity index is 1.70. The second-order valence-electron chi connectivity index (χ2n) is 8.29. The molecule has 11 nitrogen and oxygen atoms in total. The van der Waals surface area contributed by atoms with Crippen LogP contribution in [0.5, 0.6) is 0 Å². The number of sulfonamides is 1. The van der Waals surface area contributed by atoms with Gasteiger partial charge in [-0.1, -0.05) is 25.6 Å². The molecule has 3 rings (SSSR count). The van der Waals surface area contributed by atoms with Crippen molar-refractivity contribution in [3.05, 3.63) is 58.4 Å². The van der Waals surface area contributed by atoms with Crippen LogP contribution in [0.4, 0.5) is 17.5 Å². The molecule has 2 aromatic heterocycles. The first-order valence-corrected chi connectivity index (χ1v) is 13.4. The fourth-order valence-corrected chi connectivity index (χ4v) is 5.25. The van der Waals surface area contributed by atoms with Gasteiger partial charge in [0.2, 0.25) is 11.9 Å². The zero-order valence-electron chi connectivity index (χ0n) is 20.5. The molecular weight excluding hydrogens is 512 g/mol. The maximum atomic E-state index is 12.7. The van der Waals surface area contributed by atoms with Crippen LogP contribution in [-0.2, 0) is 14.8 Å². The van der Waals surface area contributed by atoms with Crippen LogP contribution in [0.25, 0.3) is 0 Å². The van der Waals surface area contributed by atoms with Gasteiger partial charge in [-0.3, -0.25) is 4.79 Å². The highest BCUT2D eigenvalue weighted by Gasteiger charge is 2.22. The van der Waals surface area contributed by atoms with Gasteiger partial charge in [0.1, 0.15) is 23.0 Å². The molecule has 2 heterocycles. The summed E-state index contributed by atoms with van der Waals surface area (Å²) in [6, 6.07) is 11.4. The van der Waals surface area contributed by atoms with Crippen molar-refractivity contribution in [3.8, 4) is 12.1 Å². The van der Waals surface area contributed by atoms with Crippen LogP contribution in [0.1, 0.15) is 47.8 Å². The van der Waals surface area contributed by atoms with E-state index < -0.39 is 15.9 Å². The Kier molecular flexibility index (Phi) is 8.32. The van der Waals surface area contributed by atoms with Gasteiger partial charge in [-0.15, -0.1) is 0 Å². The Bertz CT molecular complexity index is 1520. The number of carbonyl (C=O) groups is 1. The zero-order chi connectivity index (χ0) is 27.3. The molecule has 13 heteroatoms. The van der Waals surface area contributed by atoms with Gasteiger partial charge in [0.05, 0.1) is 21.8 Å². The lowest BCUT2D eigenvalue weighted by Crippen LogP contribution is -2.17. The molecule has 4 N–H and O–H groups in total. The molecule has 0 spiro atoms. The average Bonchev–Trinajstić information content (AvgIpc) is 2.81. The largest absolute Gasteiger partial charge is 0.383 e. The summed E-state index contributed by atoms with van der Waals surface area (Å²) in [6.07, 6.45) is 0. The third-order valence-corrected chi connectivity index (χ3v) is 7.35. The first-order chi connectivity index (χ1) is 17.4. The second-order valence-corrected chi connectivity index (χ2v) is 10.9. The standard InChI is InChI=1S/C24H24N8O3S2/c1-13(2)21-18(10-25)22(27)31-23(19(21)11-26)36-12-20(33)30-16-5-7-17(8-6-16)37(34,35)32-24-28-14(3)9-15(4)29-24/h5-9,13H,12H2,1-4H3,(H2,27,31)(H,30,33)(H,28,29,32). The summed E-state index contributed by atoms with van der Waals surface area (Å²) in [5.41, 5.74) is 8.42. The van der Waals surface area contributed by atoms with E-state index in [2.05, 4.69) is 31.1 Å². The minimum atomic E-state index is -3.93. The predicted octanol–water partition coefficient (Wildman–Crippen LogP) is 3.47. The highest BCUT2D eigenvalue weighted by atomic mass is 32.2. The molecule has 0 atom stereocenters. The van der Waals surface area contributed by atoms with E-state index in [-0.39, 0.29) is 44.5 Å². The lowest BCUT2D eigenvalue weighted by molar-refractivity contribution is -0.113. The number of rotatable bonds is 8. The quantitative estimate of drug-likeness (QED) is 0.360. The molecular formula is C24H24N8O3S2. The summed E-state index contributed by atoms with van der Waals surface area (Å²) in [6.45, 7) is 7.15. The fourth-order valence-electron chi connectivity index (χ4n) is 3.51. The highest BCUT2D eigenvalue weighted by molar-refractivity contribution is 8.00. The number of nitrogens with one attached hydrogen (secondary N) is 2. The number of benzene rings is 1. The number of hydrogen-bond acceptors (Lipinski definition) is 10. The summed E-state index contributed by atoms with van der Waals surface area (Å²) in [5, 5.41) is 22.0. The Morgan fingerprint density at radius 1 is 1.05 bits per heavy atom. The van der Waals surface area contributed by atoms with E-state index in [9.17, 15) is 23.7 Å². The van der Waals surface area contributed by atoms with Gasteiger partial charge in [-0.2, -0.15) is 10.5 Å². The van der Waals surface area contributed by atoms with Crippen LogP contribution in [0.3, 0.4) is 0 Å². The topological polar surface area (TPSA) is 188 Å². The first kappa shape index (κ1) is 27.4. The first-order valence-electron chi connectivity index (χ1n) is 11.0. The monoisotopic (exact) mass is 536 g/mol. The van der Waals surface area contributed by atoms with Crippen molar-refractivity contribution in [3.63, 3.8) is 0 Å². The molecule has 1 aromatic carbocycles. The summed E-state index contributed by atoms with van der Waals surface area (Å²) in [4.78, 5) is 24.8. The maximum absolute atomic E-state index is 12.7. The molecule has 0 aliphatic heterocycles. The van der Waals surface area contributed by atoms with Crippen LogP contribution in [0.15, 0.2) is 40.3 Å². The van der Waals surface area contributed by atoms with E-state index in [4.69, 9.17) is 5.73 Å². The third kappa shape index (κ3) is 6.52. The van der Waals surface area contributed by atoms with Gasteiger partial charge < -0.3 is 11.1 Å². The van der Waals surface area contributed by atoms with Crippen molar-refractivity contribution in [2.24, 2.45) is 0 Å². The Morgan fingerprint density at radius 3 is 2.19 bits per heavy atom. The van der Waals surface area contributed by atoms with Crippen LogP contribution < -0.4 is 15.8 Å². The van der Waals surface area contributed by atoms with Crippen molar-refractivity contribution >= 4 is 45.1 Å². The van der Waals surface area contributed by atoms with Gasteiger partial charge >= 0.3 is 0 Å². The number of aromatic nitrogens is 3. The number of thioether (sulfide) groups is 1. The van der Waals surface area contributed by atoms with Gasteiger partial charge in [0.15, 0.2) is 0 Å². The van der Waals surface area contributed by atoms with E-state index in [0.29, 0.717) is 22.6 Å². The molecule has 0 aliphatic rings. The normalized spacial score (nSPS) is 11.0. The van der Waals surface area contributed by atoms with Crippen molar-refractivity contribution in [1.82, 2.24) is 15.0 Å². The predicted molar refractivity (Wildman–Crippen MR) is 140 cm³/mol. The third-order valence-electron chi connectivity index (χ3n) is 5.03. The molecule has 190 valence electrons. The molecule has 0 saturated carbocycles. The van der Waals surface area contributed by atoms with E-state index in [1.807, 2.05) is 19.9 Å². The lowest BCUT2D eigenvalue weighted by Gasteiger charge is -2.15. The fraction of sp³-hybridized carbons (Fsp3) is 0.250. The van der Waals surface area contributed by atoms with E-state index >= 15 is 0 Å². The van der Waals surface area contributed by atoms with Crippen molar-refractivity contribution < 1.29 is 13.2 Å². The summed E-state index contributed by atoms with van der Waals surface area (Å²) < 4.78 is 27.7. The Hall–Kier alpha value is -4.20. The van der Waals surface area contributed by atoms with Crippen molar-refractivity contribution in [2.75, 3.05) is 21.5 Å². The lowest BCUT2D eigenvalue weighted by atomic mass is 9.94. The smallest absolute Gasteiger partial charge is 0.264 e. The van der Waals surface area contributed by atoms with Crippen molar-refractivity contribution in [1.29, 1.82) is 10.5 Å². The van der Waals surface area contributed by atoms with Crippen LogP contribution in [-0.4, -0.2) is 35.0 Å². The van der Waals surface area contributed by atoms with Gasteiger partial charge in [-0.05, 0) is 55.7 Å². The second kappa shape index (κ2) is 11.2. The molecule has 1 amide bonds. The average molecular weight is 537 g/mol. The van der Waals surface area contributed by atoms with E-state index in [0.717, 1.165) is 11.8 Å². The summed E-state index contributed by atoms with van der Waals surface area (Å²) in [5.74, 6) is -0.655. The van der Waals surface area contributed by atoms with Crippen LogP contribution in [0.2, 0.25) is 0 Å². The molecule has 0 unspecified atom stereocenters. The number of hydrogen-bond donors (Lipinski definition) is 3. The maximum Gasteiger partial charge on any atom is 0.264 e. The molecule has 3 aromatic rings. The number of nitrogens with two attached hydrogens (primary N) is 1. The SMILES string of the molecule is Cc1cc(C)nc(NS(=O)(=O)c2ccc(NC(=O)CSc3nc(N)c(C#N)c(C(C)C)c3C#N)cc2)n1. The number of carbonyl (C=O) groups excluding carboxylic acids is 1. The van der Waals surface area contributed by atoms with Gasteiger partial charge in [0.25, 0.3) is 10.0 Å². The molecule has 0 saturated heterocycles. The van der Waals surface area contributed by atoms with Crippen LogP contribution >= 0.6 is 11.8 Å². The van der Waals surface area contributed by atoms with E-state index in [1.165, 1.54) is 24.3 Å². The van der Waals surface area contributed by atoms with Gasteiger partial charge in [0, 0.05) is 17.1 Å². The Labute approximate surface area is 219 Å². The highest BCUT2D eigenvalue weighted by Crippen LogP contribution is 2.33. The number of pyridine rings is 1. The zero-order valence-corrected chi connectivity index (χ0v) is 22.2. The molecule has 0 bridgehead atoms. The number of nitrogen functional groups attached to an aromatic ring is 1. The van der Waals surface area contributed by atoms with Gasteiger partial charge in [-0.25, -0.2) is 28.1 Å². The molecule has 0 fully saturated rings. The number of aryl methyl sites for hydroxylation is 2.